The van der Waals surface area contributed by atoms with Gasteiger partial charge in [-0.1, -0.05) is 70.1 Å². The van der Waals surface area contributed by atoms with Crippen molar-refractivity contribution in [2.75, 3.05) is 4.72 Å². The van der Waals surface area contributed by atoms with Crippen molar-refractivity contribution in [1.29, 1.82) is 0 Å². The number of aryl methyl sites for hydroxylation is 1. The highest BCUT2D eigenvalue weighted by Crippen LogP contribution is 2.31. The average Bonchev–Trinajstić information content (AvgIpc) is 3.42. The molecule has 0 aliphatic carbocycles. The van der Waals surface area contributed by atoms with Crippen molar-refractivity contribution < 1.29 is 12.9 Å². The molecule has 0 saturated heterocycles. The monoisotopic (exact) mass is 506 g/mol. The normalized spacial score (nSPS) is 12.3. The van der Waals surface area contributed by atoms with Crippen LogP contribution in [0.2, 0.25) is 0 Å². The van der Waals surface area contributed by atoms with Gasteiger partial charge in [-0.05, 0) is 48.1 Å². The smallest absolute Gasteiger partial charge is 0.263 e. The standard InChI is InChI=1S/C28H34N4O3S/c1-19(2)15-22-9-12-25(36(33,34)31-26-16-20(3)35-30-26)24(17-22)23-10-7-21(8-11-23)18-32-14-13-29-27(32)28(4,5)6/h7-14,16-17,19H,15,18H2,1-6H3,(H,30,31). The second-order valence-corrected chi connectivity index (χ2v) is 12.3. The number of nitrogens with zero attached hydrogens (tertiary/aromatic N) is 3. The van der Waals surface area contributed by atoms with Crippen LogP contribution in [0.4, 0.5) is 5.82 Å². The lowest BCUT2D eigenvalue weighted by atomic mass is 9.95. The molecule has 0 bridgehead atoms. The van der Waals surface area contributed by atoms with Crippen molar-refractivity contribution in [1.82, 2.24) is 14.7 Å². The Morgan fingerprint density at radius 2 is 1.72 bits per heavy atom. The highest BCUT2D eigenvalue weighted by atomic mass is 32.2. The molecular weight excluding hydrogens is 472 g/mol. The Morgan fingerprint density at radius 1 is 1.03 bits per heavy atom. The Kier molecular flexibility index (Phi) is 7.09. The highest BCUT2D eigenvalue weighted by molar-refractivity contribution is 7.92. The summed E-state index contributed by atoms with van der Waals surface area (Å²) in [6.45, 7) is 13.1. The maximum Gasteiger partial charge on any atom is 0.263 e. The maximum atomic E-state index is 13.3. The molecule has 0 spiro atoms. The van der Waals surface area contributed by atoms with Crippen LogP contribution in [0.25, 0.3) is 11.1 Å². The Balaban J connectivity index is 1.69. The average molecular weight is 507 g/mol. The van der Waals surface area contributed by atoms with E-state index in [2.05, 4.69) is 54.0 Å². The molecule has 8 heteroatoms. The molecule has 0 unspecified atom stereocenters. The number of sulfonamides is 1. The molecule has 4 rings (SSSR count). The van der Waals surface area contributed by atoms with E-state index < -0.39 is 10.0 Å². The van der Waals surface area contributed by atoms with E-state index in [1.54, 1.807) is 19.1 Å². The van der Waals surface area contributed by atoms with Crippen LogP contribution in [0.5, 0.6) is 0 Å². The van der Waals surface area contributed by atoms with Crippen LogP contribution in [0.1, 0.15) is 57.3 Å². The summed E-state index contributed by atoms with van der Waals surface area (Å²) in [5, 5.41) is 3.78. The quantitative estimate of drug-likeness (QED) is 0.308. The molecule has 0 aliphatic rings. The fourth-order valence-corrected chi connectivity index (χ4v) is 5.51. The van der Waals surface area contributed by atoms with Crippen LogP contribution in [0.15, 0.2) is 70.3 Å². The molecule has 7 nitrogen and oxygen atoms in total. The molecule has 0 radical (unpaired) electrons. The molecule has 0 aliphatic heterocycles. The van der Waals surface area contributed by atoms with Gasteiger partial charge in [-0.3, -0.25) is 4.72 Å². The van der Waals surface area contributed by atoms with Gasteiger partial charge in [-0.25, -0.2) is 13.4 Å². The number of rotatable bonds is 8. The first-order valence-electron chi connectivity index (χ1n) is 12.1. The predicted octanol–water partition coefficient (Wildman–Crippen LogP) is 6.19. The van der Waals surface area contributed by atoms with E-state index in [-0.39, 0.29) is 16.1 Å². The van der Waals surface area contributed by atoms with Crippen LogP contribution in [-0.2, 0) is 28.4 Å². The molecule has 2 heterocycles. The van der Waals surface area contributed by atoms with Crippen molar-refractivity contribution >= 4 is 15.8 Å². The van der Waals surface area contributed by atoms with Gasteiger partial charge in [0.05, 0.1) is 4.90 Å². The summed E-state index contributed by atoms with van der Waals surface area (Å²) in [5.74, 6) is 2.17. The molecule has 0 atom stereocenters. The number of aromatic nitrogens is 3. The predicted molar refractivity (Wildman–Crippen MR) is 142 cm³/mol. The van der Waals surface area contributed by atoms with Crippen molar-refractivity contribution in [3.05, 3.63) is 83.6 Å². The summed E-state index contributed by atoms with van der Waals surface area (Å²) in [6.07, 6.45) is 4.68. The molecule has 0 fully saturated rings. The largest absolute Gasteiger partial charge is 0.360 e. The summed E-state index contributed by atoms with van der Waals surface area (Å²) >= 11 is 0. The second-order valence-electron chi connectivity index (χ2n) is 10.7. The molecule has 2 aromatic heterocycles. The molecule has 190 valence electrons. The SMILES string of the molecule is Cc1cc(NS(=O)(=O)c2ccc(CC(C)C)cc2-c2ccc(Cn3ccnc3C(C)(C)C)cc2)no1. The Labute approximate surface area is 213 Å². The van der Waals surface area contributed by atoms with Crippen LogP contribution in [0, 0.1) is 12.8 Å². The van der Waals surface area contributed by atoms with Crippen molar-refractivity contribution in [2.24, 2.45) is 5.92 Å². The third kappa shape index (κ3) is 5.87. The number of hydrogen-bond donors (Lipinski definition) is 1. The summed E-state index contributed by atoms with van der Waals surface area (Å²) < 4.78 is 36.4. The van der Waals surface area contributed by atoms with E-state index in [1.165, 1.54) is 0 Å². The fourth-order valence-electron chi connectivity index (χ4n) is 4.31. The molecule has 0 saturated carbocycles. The van der Waals surface area contributed by atoms with Crippen LogP contribution >= 0.6 is 0 Å². The topological polar surface area (TPSA) is 90.0 Å². The van der Waals surface area contributed by atoms with E-state index in [9.17, 15) is 8.42 Å². The first-order chi connectivity index (χ1) is 16.9. The number of benzene rings is 2. The van der Waals surface area contributed by atoms with Gasteiger partial charge in [0.15, 0.2) is 5.82 Å². The summed E-state index contributed by atoms with van der Waals surface area (Å²) in [6, 6.07) is 15.1. The summed E-state index contributed by atoms with van der Waals surface area (Å²) in [4.78, 5) is 4.74. The molecule has 4 aromatic rings. The van der Waals surface area contributed by atoms with Crippen molar-refractivity contribution in [3.8, 4) is 11.1 Å². The molecule has 1 N–H and O–H groups in total. The van der Waals surface area contributed by atoms with Crippen molar-refractivity contribution in [2.45, 2.75) is 64.8 Å². The van der Waals surface area contributed by atoms with E-state index in [0.29, 0.717) is 23.8 Å². The van der Waals surface area contributed by atoms with E-state index in [0.717, 1.165) is 28.9 Å². The molecule has 2 aromatic carbocycles. The zero-order valence-corrected chi connectivity index (χ0v) is 22.6. The van der Waals surface area contributed by atoms with Gasteiger partial charge in [-0.15, -0.1) is 0 Å². The summed E-state index contributed by atoms with van der Waals surface area (Å²) in [7, 11) is -3.88. The van der Waals surface area contributed by atoms with E-state index in [1.807, 2.05) is 48.8 Å². The van der Waals surface area contributed by atoms with E-state index >= 15 is 0 Å². The molecule has 36 heavy (non-hydrogen) atoms. The van der Waals surface area contributed by atoms with E-state index in [4.69, 9.17) is 4.52 Å². The zero-order valence-electron chi connectivity index (χ0n) is 21.7. The first-order valence-corrected chi connectivity index (χ1v) is 13.6. The minimum Gasteiger partial charge on any atom is -0.360 e. The lowest BCUT2D eigenvalue weighted by molar-refractivity contribution is 0.400. The number of nitrogens with one attached hydrogen (secondary N) is 1. The van der Waals surface area contributed by atoms with Crippen LogP contribution in [0.3, 0.4) is 0 Å². The number of imidazole rings is 1. The third-order valence-electron chi connectivity index (χ3n) is 5.85. The maximum absolute atomic E-state index is 13.3. The van der Waals surface area contributed by atoms with Gasteiger partial charge in [0.2, 0.25) is 0 Å². The van der Waals surface area contributed by atoms with Crippen LogP contribution < -0.4 is 4.72 Å². The zero-order chi connectivity index (χ0) is 26.1. The lowest BCUT2D eigenvalue weighted by Gasteiger charge is -2.20. The Bertz CT molecular complexity index is 1440. The van der Waals surface area contributed by atoms with Crippen molar-refractivity contribution in [3.63, 3.8) is 0 Å². The highest BCUT2D eigenvalue weighted by Gasteiger charge is 2.22. The second kappa shape index (κ2) is 9.93. The minimum absolute atomic E-state index is 0.0566. The van der Waals surface area contributed by atoms with Gasteiger partial charge in [0, 0.05) is 36.0 Å². The Hall–Kier alpha value is -3.39. The minimum atomic E-state index is -3.88. The number of anilines is 1. The molecular formula is C28H34N4O3S. The van der Waals surface area contributed by atoms with Gasteiger partial charge in [-0.2, -0.15) is 0 Å². The van der Waals surface area contributed by atoms with Gasteiger partial charge in [0.1, 0.15) is 11.6 Å². The third-order valence-corrected chi connectivity index (χ3v) is 7.26. The van der Waals surface area contributed by atoms with Crippen LogP contribution in [-0.4, -0.2) is 23.1 Å². The first kappa shape index (κ1) is 25.7. The Morgan fingerprint density at radius 3 is 2.33 bits per heavy atom. The number of hydrogen-bond acceptors (Lipinski definition) is 5. The molecule has 0 amide bonds. The fraction of sp³-hybridized carbons (Fsp3) is 0.357. The van der Waals surface area contributed by atoms with Gasteiger partial charge < -0.3 is 9.09 Å². The van der Waals surface area contributed by atoms with Gasteiger partial charge in [0.25, 0.3) is 10.0 Å². The van der Waals surface area contributed by atoms with Gasteiger partial charge >= 0.3 is 0 Å². The lowest BCUT2D eigenvalue weighted by Crippen LogP contribution is -2.19. The summed E-state index contributed by atoms with van der Waals surface area (Å²) in [5.41, 5.74) is 3.64.